The minimum atomic E-state index is 0.715. The van der Waals surface area contributed by atoms with Crippen LogP contribution in [0.5, 0.6) is 0 Å². The van der Waals surface area contributed by atoms with E-state index in [1.807, 2.05) is 12.2 Å². The zero-order chi connectivity index (χ0) is 6.41. The van der Waals surface area contributed by atoms with Gasteiger partial charge in [0.15, 0.2) is 0 Å². The predicted molar refractivity (Wildman–Crippen MR) is 38.6 cm³/mol. The second-order valence-corrected chi connectivity index (χ2v) is 1.48. The van der Waals surface area contributed by atoms with Gasteiger partial charge in [-0.2, -0.15) is 0 Å². The van der Waals surface area contributed by atoms with Gasteiger partial charge >= 0.3 is 0 Å². The molecule has 0 aliphatic rings. The molecule has 0 atom stereocenters. The third-order valence-corrected chi connectivity index (χ3v) is 0.802. The van der Waals surface area contributed by atoms with Crippen molar-refractivity contribution in [1.82, 2.24) is 0 Å². The molecule has 0 fully saturated rings. The molecule has 0 aromatic carbocycles. The highest BCUT2D eigenvalue weighted by Gasteiger charge is 1.76. The topological polar surface area (TPSA) is 9.23 Å². The van der Waals surface area contributed by atoms with Crippen molar-refractivity contribution >= 4 is 7.85 Å². The molecule has 0 amide bonds. The molecule has 0 aromatic rings. The summed E-state index contributed by atoms with van der Waals surface area (Å²) in [6.07, 6.45) is 4.90. The summed E-state index contributed by atoms with van der Waals surface area (Å²) in [5, 5.41) is 0. The normalized spacial score (nSPS) is 9.62. The maximum Gasteiger partial charge on any atom is 0.111 e. The first kappa shape index (κ1) is 7.34. The van der Waals surface area contributed by atoms with Gasteiger partial charge in [0.25, 0.3) is 0 Å². The van der Waals surface area contributed by atoms with E-state index < -0.39 is 0 Å². The van der Waals surface area contributed by atoms with E-state index in [9.17, 15) is 0 Å². The Labute approximate surface area is 51.5 Å². The molecule has 0 spiro atoms. The van der Waals surface area contributed by atoms with E-state index in [2.05, 4.69) is 14.4 Å². The van der Waals surface area contributed by atoms with Crippen molar-refractivity contribution in [3.05, 3.63) is 24.5 Å². The van der Waals surface area contributed by atoms with Crippen LogP contribution in [-0.2, 0) is 4.74 Å². The van der Waals surface area contributed by atoms with Gasteiger partial charge in [-0.3, -0.25) is 0 Å². The van der Waals surface area contributed by atoms with Gasteiger partial charge in [0.1, 0.15) is 13.6 Å². The zero-order valence-corrected chi connectivity index (χ0v) is 5.48. The number of hydrogen-bond acceptors (Lipinski definition) is 1. The molecule has 0 heterocycles. The second kappa shape index (κ2) is 4.50. The number of rotatable bonds is 3. The first-order valence-corrected chi connectivity index (χ1v) is 2.70. The van der Waals surface area contributed by atoms with E-state index in [4.69, 9.17) is 4.74 Å². The quantitative estimate of drug-likeness (QED) is 0.296. The van der Waals surface area contributed by atoms with Crippen LogP contribution in [0.2, 0.25) is 6.32 Å². The van der Waals surface area contributed by atoms with Gasteiger partial charge < -0.3 is 4.74 Å². The van der Waals surface area contributed by atoms with Crippen LogP contribution in [0.25, 0.3) is 0 Å². The first-order valence-electron chi connectivity index (χ1n) is 2.70. The second-order valence-electron chi connectivity index (χ2n) is 1.48. The van der Waals surface area contributed by atoms with Crippen molar-refractivity contribution in [2.75, 3.05) is 7.11 Å². The van der Waals surface area contributed by atoms with E-state index in [0.29, 0.717) is 5.76 Å². The van der Waals surface area contributed by atoms with E-state index in [0.717, 1.165) is 6.32 Å². The van der Waals surface area contributed by atoms with Gasteiger partial charge in [0.05, 0.1) is 7.11 Å². The third-order valence-electron chi connectivity index (χ3n) is 0.802. The average Bonchev–Trinajstić information content (AvgIpc) is 1.83. The SMILES string of the molecule is BC/C=C/C(=C)OC. The summed E-state index contributed by atoms with van der Waals surface area (Å²) in [6.45, 7) is 3.60. The molecule has 0 unspecified atom stereocenters. The van der Waals surface area contributed by atoms with Crippen molar-refractivity contribution in [2.45, 2.75) is 6.32 Å². The molecule has 2 heteroatoms. The Hall–Kier alpha value is -0.655. The molecule has 0 N–H and O–H groups in total. The van der Waals surface area contributed by atoms with E-state index in [-0.39, 0.29) is 0 Å². The lowest BCUT2D eigenvalue weighted by molar-refractivity contribution is 0.309. The van der Waals surface area contributed by atoms with Crippen LogP contribution in [0.1, 0.15) is 0 Å². The van der Waals surface area contributed by atoms with E-state index in [1.165, 1.54) is 0 Å². The zero-order valence-electron chi connectivity index (χ0n) is 5.48. The predicted octanol–water partition coefficient (Wildman–Crippen LogP) is 0.754. The molecular weight excluding hydrogens is 98.9 g/mol. The maximum atomic E-state index is 4.77. The highest BCUT2D eigenvalue weighted by Crippen LogP contribution is 1.92. The monoisotopic (exact) mass is 110 g/mol. The summed E-state index contributed by atoms with van der Waals surface area (Å²) in [4.78, 5) is 0. The summed E-state index contributed by atoms with van der Waals surface area (Å²) >= 11 is 0. The smallest absolute Gasteiger partial charge is 0.111 e. The summed E-state index contributed by atoms with van der Waals surface area (Å²) in [5.41, 5.74) is 0. The van der Waals surface area contributed by atoms with Crippen molar-refractivity contribution < 1.29 is 4.74 Å². The molecule has 0 radical (unpaired) electrons. The Morgan fingerprint density at radius 3 is 2.88 bits per heavy atom. The van der Waals surface area contributed by atoms with Gasteiger partial charge in [-0.25, -0.2) is 0 Å². The Morgan fingerprint density at radius 1 is 1.88 bits per heavy atom. The van der Waals surface area contributed by atoms with Crippen LogP contribution in [0, 0.1) is 0 Å². The fourth-order valence-corrected chi connectivity index (χ4v) is 0.317. The summed E-state index contributed by atoms with van der Waals surface area (Å²) in [7, 11) is 3.68. The highest BCUT2D eigenvalue weighted by molar-refractivity contribution is 6.09. The summed E-state index contributed by atoms with van der Waals surface area (Å²) in [6, 6.07) is 0. The number of hydrogen-bond donors (Lipinski definition) is 0. The van der Waals surface area contributed by atoms with Gasteiger partial charge in [0, 0.05) is 0 Å². The minimum Gasteiger partial charge on any atom is -0.497 e. The van der Waals surface area contributed by atoms with Gasteiger partial charge in [-0.05, 0) is 6.08 Å². The third kappa shape index (κ3) is 3.53. The molecule has 0 aliphatic carbocycles. The van der Waals surface area contributed by atoms with E-state index >= 15 is 0 Å². The fraction of sp³-hybridized carbons (Fsp3) is 0.333. The number of methoxy groups -OCH3 is 1. The van der Waals surface area contributed by atoms with Gasteiger partial charge in [-0.1, -0.05) is 19.0 Å². The number of ether oxygens (including phenoxy) is 1. The van der Waals surface area contributed by atoms with Gasteiger partial charge in [0.2, 0.25) is 0 Å². The molecule has 0 saturated heterocycles. The Morgan fingerprint density at radius 2 is 2.50 bits per heavy atom. The Kier molecular flexibility index (Phi) is 4.13. The molecule has 0 saturated carbocycles. The molecule has 44 valence electrons. The van der Waals surface area contributed by atoms with E-state index in [1.54, 1.807) is 7.11 Å². The average molecular weight is 110 g/mol. The van der Waals surface area contributed by atoms with Crippen LogP contribution in [0.4, 0.5) is 0 Å². The number of allylic oxidation sites excluding steroid dienone is 2. The molecule has 0 aliphatic heterocycles. The molecular formula is C6H11BO. The lowest BCUT2D eigenvalue weighted by Gasteiger charge is -1.92. The minimum absolute atomic E-state index is 0.715. The fourth-order valence-electron chi connectivity index (χ4n) is 0.317. The lowest BCUT2D eigenvalue weighted by Crippen LogP contribution is -1.75. The van der Waals surface area contributed by atoms with Crippen molar-refractivity contribution in [3.63, 3.8) is 0 Å². The largest absolute Gasteiger partial charge is 0.497 e. The summed E-state index contributed by atoms with van der Waals surface area (Å²) in [5.74, 6) is 0.715. The highest BCUT2D eigenvalue weighted by atomic mass is 16.5. The molecule has 0 aromatic heterocycles. The van der Waals surface area contributed by atoms with Crippen molar-refractivity contribution in [2.24, 2.45) is 0 Å². The van der Waals surface area contributed by atoms with Crippen LogP contribution < -0.4 is 0 Å². The Bertz CT molecular complexity index is 96.7. The molecule has 0 rings (SSSR count). The van der Waals surface area contributed by atoms with Crippen molar-refractivity contribution in [1.29, 1.82) is 0 Å². The van der Waals surface area contributed by atoms with Crippen LogP contribution in [0.15, 0.2) is 24.5 Å². The molecule has 0 bridgehead atoms. The summed E-state index contributed by atoms with van der Waals surface area (Å²) < 4.78 is 4.77. The molecule has 1 nitrogen and oxygen atoms in total. The van der Waals surface area contributed by atoms with Crippen LogP contribution in [-0.4, -0.2) is 15.0 Å². The lowest BCUT2D eigenvalue weighted by atomic mass is 10.1. The van der Waals surface area contributed by atoms with Crippen molar-refractivity contribution in [3.8, 4) is 0 Å². The Balaban J connectivity index is 3.37. The van der Waals surface area contributed by atoms with Crippen LogP contribution >= 0.6 is 0 Å². The maximum absolute atomic E-state index is 4.77. The standard InChI is InChI=1S/C6H11BO/c1-6(8-2)4-3-5-7/h3-4H,1,5,7H2,2H3/b4-3+. The van der Waals surface area contributed by atoms with Crippen LogP contribution in [0.3, 0.4) is 0 Å². The molecule has 8 heavy (non-hydrogen) atoms. The first-order chi connectivity index (χ1) is 3.81. The van der Waals surface area contributed by atoms with Gasteiger partial charge in [-0.15, -0.1) is 0 Å².